The Bertz CT molecular complexity index is 550. The van der Waals surface area contributed by atoms with Crippen LogP contribution in [0, 0.1) is 10.1 Å². The lowest BCUT2D eigenvalue weighted by molar-refractivity contribution is -0.580. The molecular formula is C10H6F9NO8. The van der Waals surface area contributed by atoms with E-state index >= 15 is 0 Å². The monoisotopic (exact) mass is 439 g/mol. The van der Waals surface area contributed by atoms with Crippen molar-refractivity contribution in [1.82, 2.24) is 0 Å². The lowest BCUT2D eigenvalue weighted by Gasteiger charge is -2.24. The van der Waals surface area contributed by atoms with Gasteiger partial charge in [-0.1, -0.05) is 0 Å². The molecule has 0 aliphatic carbocycles. The Hall–Kier alpha value is -2.82. The standard InChI is InChI=1S/C10H6F9NO8/c11-8(12,13)4(21)26-1-7(20(24)25,2-27-5(22)9(14,15)16)3-28-6(23)10(17,18)19/h1-3H2. The molecule has 0 amide bonds. The summed E-state index contributed by atoms with van der Waals surface area (Å²) in [5.41, 5.74) is -3.61. The molecule has 0 radical (unpaired) electrons. The second-order valence-electron chi connectivity index (χ2n) is 4.70. The number of nitrogens with zero attached hydrogens (tertiary/aromatic N) is 1. The number of carbonyl (C=O) groups is 3. The smallest absolute Gasteiger partial charge is 0.451 e. The van der Waals surface area contributed by atoms with Crippen LogP contribution in [-0.4, -0.2) is 66.7 Å². The highest BCUT2D eigenvalue weighted by Gasteiger charge is 2.54. The molecule has 18 heteroatoms. The molecule has 0 aliphatic rings. The summed E-state index contributed by atoms with van der Waals surface area (Å²) in [4.78, 5) is 40.9. The predicted molar refractivity (Wildman–Crippen MR) is 60.8 cm³/mol. The van der Waals surface area contributed by atoms with Gasteiger partial charge in [0.15, 0.2) is 19.8 Å². The Kier molecular flexibility index (Phi) is 7.61. The molecule has 0 heterocycles. The van der Waals surface area contributed by atoms with Crippen molar-refractivity contribution >= 4 is 17.9 Å². The summed E-state index contributed by atoms with van der Waals surface area (Å²) in [7, 11) is 0. The third-order valence-corrected chi connectivity index (χ3v) is 2.50. The normalized spacial score (nSPS) is 12.9. The Morgan fingerprint density at radius 2 is 0.857 bits per heavy atom. The molecule has 0 unspecified atom stereocenters. The summed E-state index contributed by atoms with van der Waals surface area (Å²) in [6, 6.07) is 0. The van der Waals surface area contributed by atoms with Gasteiger partial charge >= 0.3 is 42.0 Å². The highest BCUT2D eigenvalue weighted by molar-refractivity contribution is 5.76. The second kappa shape index (κ2) is 8.46. The minimum Gasteiger partial charge on any atom is -0.451 e. The third-order valence-electron chi connectivity index (χ3n) is 2.50. The minimum absolute atomic E-state index is 1.84. The molecule has 0 fully saturated rings. The Labute approximate surface area is 146 Å². The number of nitro groups is 1. The van der Waals surface area contributed by atoms with Crippen LogP contribution < -0.4 is 0 Å². The molecule has 0 bridgehead atoms. The number of ether oxygens (including phenoxy) is 3. The van der Waals surface area contributed by atoms with Crippen LogP contribution in [0.5, 0.6) is 0 Å². The molecule has 0 saturated heterocycles. The van der Waals surface area contributed by atoms with E-state index in [1.54, 1.807) is 0 Å². The van der Waals surface area contributed by atoms with Crippen LogP contribution in [0.1, 0.15) is 0 Å². The topological polar surface area (TPSA) is 122 Å². The van der Waals surface area contributed by atoms with Crippen molar-refractivity contribution in [2.45, 2.75) is 24.1 Å². The third kappa shape index (κ3) is 7.43. The van der Waals surface area contributed by atoms with Gasteiger partial charge in [-0.05, 0) is 0 Å². The molecule has 0 aromatic rings. The number of hydrogen-bond acceptors (Lipinski definition) is 8. The molecule has 0 rings (SSSR count). The second-order valence-corrected chi connectivity index (χ2v) is 4.70. The maximum atomic E-state index is 12.1. The van der Waals surface area contributed by atoms with Crippen LogP contribution >= 0.6 is 0 Å². The van der Waals surface area contributed by atoms with Gasteiger partial charge in [-0.2, -0.15) is 39.5 Å². The van der Waals surface area contributed by atoms with Crippen LogP contribution in [0.2, 0.25) is 0 Å². The number of rotatable bonds is 7. The van der Waals surface area contributed by atoms with E-state index in [4.69, 9.17) is 0 Å². The van der Waals surface area contributed by atoms with Gasteiger partial charge < -0.3 is 14.2 Å². The van der Waals surface area contributed by atoms with Gasteiger partial charge in [0.2, 0.25) is 0 Å². The Morgan fingerprint density at radius 3 is 1.00 bits per heavy atom. The molecule has 0 aromatic heterocycles. The fraction of sp³-hybridized carbons (Fsp3) is 0.700. The first-order chi connectivity index (χ1) is 12.3. The molecule has 0 saturated carbocycles. The van der Waals surface area contributed by atoms with Crippen LogP contribution in [0.15, 0.2) is 0 Å². The van der Waals surface area contributed by atoms with E-state index in [1.807, 2.05) is 0 Å². The van der Waals surface area contributed by atoms with Crippen molar-refractivity contribution in [2.24, 2.45) is 0 Å². The van der Waals surface area contributed by atoms with Crippen LogP contribution in [0.25, 0.3) is 0 Å². The largest absolute Gasteiger partial charge is 0.490 e. The zero-order valence-corrected chi connectivity index (χ0v) is 12.7. The van der Waals surface area contributed by atoms with E-state index in [0.717, 1.165) is 0 Å². The molecule has 162 valence electrons. The summed E-state index contributed by atoms with van der Waals surface area (Å²) in [5.74, 6) is -9.32. The highest BCUT2D eigenvalue weighted by Crippen LogP contribution is 2.23. The van der Waals surface area contributed by atoms with Gasteiger partial charge in [-0.15, -0.1) is 0 Å². The van der Waals surface area contributed by atoms with E-state index in [-0.39, 0.29) is 0 Å². The van der Waals surface area contributed by atoms with Crippen LogP contribution in [0.3, 0.4) is 0 Å². The van der Waals surface area contributed by atoms with E-state index in [0.29, 0.717) is 0 Å². The SMILES string of the molecule is O=C(OCC(COC(=O)C(F)(F)F)(COC(=O)C(F)(F)F)[N+](=O)[O-])C(F)(F)F. The first kappa shape index (κ1) is 25.2. The minimum atomic E-state index is -5.74. The van der Waals surface area contributed by atoms with Gasteiger partial charge in [-0.25, -0.2) is 14.4 Å². The quantitative estimate of drug-likeness (QED) is 0.191. The summed E-state index contributed by atoms with van der Waals surface area (Å²) < 4.78 is 119. The summed E-state index contributed by atoms with van der Waals surface area (Å²) in [6.45, 7) is -6.47. The van der Waals surface area contributed by atoms with Crippen molar-refractivity contribution in [3.63, 3.8) is 0 Å². The number of halogens is 9. The maximum Gasteiger partial charge on any atom is 0.490 e. The number of alkyl halides is 9. The lowest BCUT2D eigenvalue weighted by atomic mass is 10.0. The predicted octanol–water partition coefficient (Wildman–Crippen LogP) is 1.32. The Morgan fingerprint density at radius 1 is 0.643 bits per heavy atom. The summed E-state index contributed by atoms with van der Waals surface area (Å²) in [5, 5.41) is 11.0. The molecule has 0 N–H and O–H groups in total. The maximum absolute atomic E-state index is 12.1. The first-order valence-corrected chi connectivity index (χ1v) is 6.19. The van der Waals surface area contributed by atoms with Crippen molar-refractivity contribution < 1.29 is 73.0 Å². The number of hydrogen-bond donors (Lipinski definition) is 0. The van der Waals surface area contributed by atoms with Gasteiger partial charge in [0.05, 0.1) is 0 Å². The van der Waals surface area contributed by atoms with Crippen molar-refractivity contribution in [3.8, 4) is 0 Å². The molecule has 28 heavy (non-hydrogen) atoms. The number of esters is 3. The fourth-order valence-corrected chi connectivity index (χ4v) is 1.13. The van der Waals surface area contributed by atoms with Gasteiger partial charge in [-0.3, -0.25) is 10.1 Å². The van der Waals surface area contributed by atoms with E-state index in [9.17, 15) is 64.0 Å². The van der Waals surface area contributed by atoms with Gasteiger partial charge in [0, 0.05) is 4.92 Å². The van der Waals surface area contributed by atoms with Gasteiger partial charge in [0.25, 0.3) is 0 Å². The molecule has 0 spiro atoms. The van der Waals surface area contributed by atoms with Crippen molar-refractivity contribution in [2.75, 3.05) is 19.8 Å². The van der Waals surface area contributed by atoms with Gasteiger partial charge in [0.1, 0.15) is 0 Å². The zero-order chi connectivity index (χ0) is 22.6. The molecule has 9 nitrogen and oxygen atoms in total. The summed E-state index contributed by atoms with van der Waals surface area (Å²) >= 11 is 0. The molecule has 0 atom stereocenters. The average molecular weight is 439 g/mol. The highest BCUT2D eigenvalue weighted by atomic mass is 19.4. The van der Waals surface area contributed by atoms with E-state index in [2.05, 4.69) is 14.2 Å². The Balaban J connectivity index is 5.59. The molecule has 0 aliphatic heterocycles. The molecule has 0 aromatic carbocycles. The zero-order valence-electron chi connectivity index (χ0n) is 12.7. The fourth-order valence-electron chi connectivity index (χ4n) is 1.13. The first-order valence-electron chi connectivity index (χ1n) is 6.19. The van der Waals surface area contributed by atoms with Crippen LogP contribution in [-0.2, 0) is 28.6 Å². The summed E-state index contributed by atoms with van der Waals surface area (Å²) in [6.07, 6.45) is -17.2. The average Bonchev–Trinajstić information content (AvgIpc) is 2.50. The lowest BCUT2D eigenvalue weighted by Crippen LogP contribution is -2.54. The van der Waals surface area contributed by atoms with E-state index in [1.165, 1.54) is 0 Å². The van der Waals surface area contributed by atoms with E-state index < -0.39 is 66.7 Å². The van der Waals surface area contributed by atoms with Crippen molar-refractivity contribution in [1.29, 1.82) is 0 Å². The molecular weight excluding hydrogens is 433 g/mol. The van der Waals surface area contributed by atoms with Crippen molar-refractivity contribution in [3.05, 3.63) is 10.1 Å². The van der Waals surface area contributed by atoms with Crippen LogP contribution in [0.4, 0.5) is 39.5 Å². The number of carbonyl (C=O) groups excluding carboxylic acids is 3.